The summed E-state index contributed by atoms with van der Waals surface area (Å²) in [6.45, 7) is 4.05. The molecule has 2 rings (SSSR count). The number of rotatable bonds is 8. The van der Waals surface area contributed by atoms with E-state index in [1.807, 2.05) is 6.92 Å². The monoisotopic (exact) mass is 339 g/mol. The molecule has 0 saturated heterocycles. The van der Waals surface area contributed by atoms with Crippen LogP contribution in [0.5, 0.6) is 5.75 Å². The second-order valence-corrected chi connectivity index (χ2v) is 5.07. The van der Waals surface area contributed by atoms with Crippen molar-refractivity contribution in [2.24, 2.45) is 0 Å². The lowest BCUT2D eigenvalue weighted by Crippen LogP contribution is -2.07. The van der Waals surface area contributed by atoms with Crippen LogP contribution in [-0.4, -0.2) is 34.6 Å². The van der Waals surface area contributed by atoms with E-state index in [-0.39, 0.29) is 30.2 Å². The summed E-state index contributed by atoms with van der Waals surface area (Å²) >= 11 is 0. The predicted octanol–water partition coefficient (Wildman–Crippen LogP) is 3.50. The summed E-state index contributed by atoms with van der Waals surface area (Å²) < 4.78 is 38.3. The average Bonchev–Trinajstić information content (AvgIpc) is 3.03. The van der Waals surface area contributed by atoms with Crippen molar-refractivity contribution in [1.82, 2.24) is 15.4 Å². The maximum Gasteiger partial charge on any atom is 0.361 e. The summed E-state index contributed by atoms with van der Waals surface area (Å²) in [6, 6.07) is 2.11. The van der Waals surface area contributed by atoms with Gasteiger partial charge in [-0.1, -0.05) is 19.8 Å². The normalized spacial score (nSPS) is 10.7. The Kier molecular flexibility index (Phi) is 6.22. The van der Waals surface area contributed by atoms with Crippen LogP contribution in [0.25, 0.3) is 11.3 Å². The van der Waals surface area contributed by atoms with Crippen LogP contribution >= 0.6 is 0 Å². The Morgan fingerprint density at radius 1 is 1.17 bits per heavy atom. The number of H-pyrrole nitrogens is 1. The molecule has 0 atom stereocenters. The second kappa shape index (κ2) is 8.37. The molecule has 6 nitrogen and oxygen atoms in total. The van der Waals surface area contributed by atoms with Crippen molar-refractivity contribution < 1.29 is 23.0 Å². The van der Waals surface area contributed by atoms with Crippen LogP contribution in [-0.2, 0) is 4.74 Å². The number of aromatic amines is 1. The Bertz CT molecular complexity index is 681. The van der Waals surface area contributed by atoms with E-state index in [9.17, 15) is 13.6 Å². The van der Waals surface area contributed by atoms with E-state index in [2.05, 4.69) is 15.4 Å². The van der Waals surface area contributed by atoms with E-state index >= 15 is 0 Å². The first-order valence-electron chi connectivity index (χ1n) is 7.78. The van der Waals surface area contributed by atoms with E-state index in [0.717, 1.165) is 25.0 Å². The summed E-state index contributed by atoms with van der Waals surface area (Å²) in [4.78, 5) is 11.8. The zero-order chi connectivity index (χ0) is 17.5. The van der Waals surface area contributed by atoms with Crippen molar-refractivity contribution >= 4 is 5.97 Å². The van der Waals surface area contributed by atoms with Crippen molar-refractivity contribution in [3.05, 3.63) is 29.5 Å². The SMILES string of the molecule is CCCCCOc1c(F)cc(-c2n[nH]nc2C(=O)OCC)cc1F. The highest BCUT2D eigenvalue weighted by Crippen LogP contribution is 2.29. The molecule has 130 valence electrons. The van der Waals surface area contributed by atoms with Gasteiger partial charge in [0, 0.05) is 5.56 Å². The third-order valence-electron chi connectivity index (χ3n) is 3.28. The van der Waals surface area contributed by atoms with Gasteiger partial charge in [0.2, 0.25) is 0 Å². The topological polar surface area (TPSA) is 77.1 Å². The molecule has 0 unspecified atom stereocenters. The van der Waals surface area contributed by atoms with Crippen molar-refractivity contribution in [3.63, 3.8) is 0 Å². The van der Waals surface area contributed by atoms with E-state index in [4.69, 9.17) is 9.47 Å². The number of carbonyl (C=O) groups excluding carboxylic acids is 1. The van der Waals surface area contributed by atoms with Gasteiger partial charge in [-0.3, -0.25) is 0 Å². The molecule has 24 heavy (non-hydrogen) atoms. The van der Waals surface area contributed by atoms with Crippen molar-refractivity contribution in [2.45, 2.75) is 33.1 Å². The van der Waals surface area contributed by atoms with Gasteiger partial charge in [-0.05, 0) is 25.5 Å². The number of benzene rings is 1. The standard InChI is InChI=1S/C16H19F2N3O3/c1-3-5-6-7-24-15-11(17)8-10(9-12(15)18)13-14(20-21-19-13)16(22)23-4-2/h8-9H,3-7H2,1-2H3,(H,19,20,21). The fraction of sp³-hybridized carbons (Fsp3) is 0.438. The van der Waals surface area contributed by atoms with Crippen molar-refractivity contribution in [2.75, 3.05) is 13.2 Å². The number of nitrogens with one attached hydrogen (secondary N) is 1. The molecule has 0 aliphatic heterocycles. The first-order chi connectivity index (χ1) is 11.6. The van der Waals surface area contributed by atoms with Crippen molar-refractivity contribution in [1.29, 1.82) is 0 Å². The van der Waals surface area contributed by atoms with Gasteiger partial charge in [0.05, 0.1) is 13.2 Å². The molecule has 0 amide bonds. The molecule has 0 aliphatic rings. The Hall–Kier alpha value is -2.51. The number of hydrogen-bond donors (Lipinski definition) is 1. The molecule has 0 saturated carbocycles. The number of hydrogen-bond acceptors (Lipinski definition) is 5. The molecule has 0 fully saturated rings. The Balaban J connectivity index is 2.24. The summed E-state index contributed by atoms with van der Waals surface area (Å²) in [6.07, 6.45) is 2.62. The third-order valence-corrected chi connectivity index (χ3v) is 3.28. The molecule has 1 N–H and O–H groups in total. The number of halogens is 2. The number of nitrogens with zero attached hydrogens (tertiary/aromatic N) is 2. The first-order valence-corrected chi connectivity index (χ1v) is 7.78. The molecule has 0 radical (unpaired) electrons. The maximum atomic E-state index is 14.2. The number of aromatic nitrogens is 3. The van der Waals surface area contributed by atoms with Crippen LogP contribution < -0.4 is 4.74 Å². The molecular formula is C16H19F2N3O3. The highest BCUT2D eigenvalue weighted by atomic mass is 19.1. The zero-order valence-corrected chi connectivity index (χ0v) is 13.6. The smallest absolute Gasteiger partial charge is 0.361 e. The molecule has 8 heteroatoms. The Labute approximate surface area is 138 Å². The lowest BCUT2D eigenvalue weighted by Gasteiger charge is -2.09. The van der Waals surface area contributed by atoms with Gasteiger partial charge in [-0.25, -0.2) is 13.6 Å². The van der Waals surface area contributed by atoms with Crippen LogP contribution in [0.1, 0.15) is 43.6 Å². The second-order valence-electron chi connectivity index (χ2n) is 5.07. The molecular weight excluding hydrogens is 320 g/mol. The number of carbonyl (C=O) groups is 1. The minimum atomic E-state index is -0.862. The minimum absolute atomic E-state index is 0.0174. The first kappa shape index (κ1) is 17.8. The fourth-order valence-corrected chi connectivity index (χ4v) is 2.13. The van der Waals surface area contributed by atoms with Crippen LogP contribution in [0.3, 0.4) is 0 Å². The lowest BCUT2D eigenvalue weighted by atomic mass is 10.1. The molecule has 2 aromatic rings. The molecule has 0 spiro atoms. The molecule has 1 aromatic carbocycles. The number of ether oxygens (including phenoxy) is 2. The molecule has 0 bridgehead atoms. The van der Waals surface area contributed by atoms with Gasteiger partial charge in [-0.15, -0.1) is 5.10 Å². The van der Waals surface area contributed by atoms with E-state index in [1.165, 1.54) is 0 Å². The van der Waals surface area contributed by atoms with Crippen LogP contribution in [0.4, 0.5) is 8.78 Å². The van der Waals surface area contributed by atoms with Crippen LogP contribution in [0.2, 0.25) is 0 Å². The Morgan fingerprint density at radius 3 is 2.50 bits per heavy atom. The maximum absolute atomic E-state index is 14.2. The summed E-state index contributed by atoms with van der Waals surface area (Å²) in [7, 11) is 0. The molecule has 1 aromatic heterocycles. The van der Waals surface area contributed by atoms with Gasteiger partial charge >= 0.3 is 5.97 Å². The average molecular weight is 339 g/mol. The van der Waals surface area contributed by atoms with Gasteiger partial charge < -0.3 is 9.47 Å². The summed E-state index contributed by atoms with van der Waals surface area (Å²) in [5.74, 6) is -2.88. The fourth-order valence-electron chi connectivity index (χ4n) is 2.13. The number of unbranched alkanes of at least 4 members (excludes halogenated alkanes) is 2. The zero-order valence-electron chi connectivity index (χ0n) is 13.6. The van der Waals surface area contributed by atoms with Gasteiger partial charge in [0.15, 0.2) is 23.1 Å². The minimum Gasteiger partial charge on any atom is -0.488 e. The van der Waals surface area contributed by atoms with Gasteiger partial charge in [-0.2, -0.15) is 10.3 Å². The largest absolute Gasteiger partial charge is 0.488 e. The summed E-state index contributed by atoms with van der Waals surface area (Å²) in [5, 5.41) is 9.71. The van der Waals surface area contributed by atoms with E-state index < -0.39 is 23.4 Å². The van der Waals surface area contributed by atoms with Crippen LogP contribution in [0, 0.1) is 11.6 Å². The quantitative estimate of drug-likeness (QED) is 0.588. The van der Waals surface area contributed by atoms with Crippen LogP contribution in [0.15, 0.2) is 12.1 Å². The van der Waals surface area contributed by atoms with Crippen molar-refractivity contribution in [3.8, 4) is 17.0 Å². The van der Waals surface area contributed by atoms with Gasteiger partial charge in [0.1, 0.15) is 5.69 Å². The Morgan fingerprint density at radius 2 is 1.88 bits per heavy atom. The predicted molar refractivity (Wildman–Crippen MR) is 82.7 cm³/mol. The van der Waals surface area contributed by atoms with E-state index in [1.54, 1.807) is 6.92 Å². The van der Waals surface area contributed by atoms with Gasteiger partial charge in [0.25, 0.3) is 0 Å². The highest BCUT2D eigenvalue weighted by molar-refractivity contribution is 5.93. The molecule has 1 heterocycles. The molecule has 0 aliphatic carbocycles. The lowest BCUT2D eigenvalue weighted by molar-refractivity contribution is 0.0520. The number of esters is 1. The highest BCUT2D eigenvalue weighted by Gasteiger charge is 2.22. The van der Waals surface area contributed by atoms with E-state index in [0.29, 0.717) is 6.42 Å². The summed E-state index contributed by atoms with van der Waals surface area (Å²) in [5.41, 5.74) is -0.0428. The third kappa shape index (κ3) is 4.06.